The average molecular weight is 334 g/mol. The average Bonchev–Trinajstić information content (AvgIpc) is 2.59. The van der Waals surface area contributed by atoms with Crippen molar-refractivity contribution in [1.29, 1.82) is 0 Å². The van der Waals surface area contributed by atoms with Crippen LogP contribution in [0.25, 0.3) is 0 Å². The highest BCUT2D eigenvalue weighted by molar-refractivity contribution is 5.99. The molecule has 7 heteroatoms. The molecule has 1 fully saturated rings. The molecule has 1 unspecified atom stereocenters. The molecule has 1 saturated heterocycles. The number of nitrogens with zero attached hydrogens (tertiary/aromatic N) is 2. The van der Waals surface area contributed by atoms with E-state index in [2.05, 4.69) is 0 Å². The summed E-state index contributed by atoms with van der Waals surface area (Å²) < 4.78 is 5.38. The highest BCUT2D eigenvalue weighted by Crippen LogP contribution is 2.15. The molecular formula is C17H22N2O5. The van der Waals surface area contributed by atoms with Crippen LogP contribution in [-0.4, -0.2) is 72.1 Å². The van der Waals surface area contributed by atoms with E-state index in [4.69, 9.17) is 9.84 Å². The van der Waals surface area contributed by atoms with Crippen molar-refractivity contribution in [2.75, 3.05) is 33.3 Å². The molecule has 2 rings (SSSR count). The van der Waals surface area contributed by atoms with E-state index in [1.54, 1.807) is 41.1 Å². The molecule has 24 heavy (non-hydrogen) atoms. The van der Waals surface area contributed by atoms with Crippen LogP contribution in [0, 0.1) is 0 Å². The van der Waals surface area contributed by atoms with E-state index in [-0.39, 0.29) is 24.8 Å². The number of carbonyl (C=O) groups is 3. The molecule has 130 valence electrons. The normalized spacial score (nSPS) is 17.4. The first-order valence-electron chi connectivity index (χ1n) is 7.90. The van der Waals surface area contributed by atoms with Crippen LogP contribution in [0.1, 0.15) is 34.1 Å². The van der Waals surface area contributed by atoms with Crippen molar-refractivity contribution in [1.82, 2.24) is 9.80 Å². The number of amides is 2. The van der Waals surface area contributed by atoms with Crippen molar-refractivity contribution >= 4 is 17.8 Å². The molecule has 0 bridgehead atoms. The summed E-state index contributed by atoms with van der Waals surface area (Å²) in [6.07, 6.45) is -0.639. The summed E-state index contributed by atoms with van der Waals surface area (Å²) in [6.45, 7) is 3.40. The maximum atomic E-state index is 12.6. The van der Waals surface area contributed by atoms with Gasteiger partial charge in [-0.1, -0.05) is 6.07 Å². The van der Waals surface area contributed by atoms with Gasteiger partial charge in [0.1, 0.15) is 0 Å². The second-order valence-corrected chi connectivity index (χ2v) is 5.74. The van der Waals surface area contributed by atoms with Crippen LogP contribution in [0.5, 0.6) is 0 Å². The van der Waals surface area contributed by atoms with E-state index in [0.717, 1.165) is 0 Å². The molecule has 1 aliphatic rings. The second-order valence-electron chi connectivity index (χ2n) is 5.74. The van der Waals surface area contributed by atoms with Crippen molar-refractivity contribution in [2.24, 2.45) is 0 Å². The minimum absolute atomic E-state index is 0.135. The first kappa shape index (κ1) is 17.9. The van der Waals surface area contributed by atoms with Crippen molar-refractivity contribution in [3.8, 4) is 0 Å². The number of aliphatic carboxylic acids is 1. The lowest BCUT2D eigenvalue weighted by molar-refractivity contribution is -0.141. The van der Waals surface area contributed by atoms with Crippen molar-refractivity contribution < 1.29 is 24.2 Å². The van der Waals surface area contributed by atoms with Crippen LogP contribution < -0.4 is 0 Å². The van der Waals surface area contributed by atoms with Gasteiger partial charge in [0, 0.05) is 37.8 Å². The Balaban J connectivity index is 2.12. The third-order valence-corrected chi connectivity index (χ3v) is 4.01. The van der Waals surface area contributed by atoms with Crippen LogP contribution in [0.4, 0.5) is 0 Å². The molecule has 0 radical (unpaired) electrons. The lowest BCUT2D eigenvalue weighted by Crippen LogP contribution is -2.46. The van der Waals surface area contributed by atoms with E-state index in [1.807, 2.05) is 6.92 Å². The standard InChI is InChI=1S/C17H22N2O5/c1-3-18(2)16(22)12-5-4-6-13(9-12)17(23)19-7-8-24-14(11-19)10-15(20)21/h4-6,9,14H,3,7-8,10-11H2,1-2H3,(H,20,21). The topological polar surface area (TPSA) is 87.2 Å². The van der Waals surface area contributed by atoms with Gasteiger partial charge in [-0.05, 0) is 25.1 Å². The number of ether oxygens (including phenoxy) is 1. The van der Waals surface area contributed by atoms with Crippen LogP contribution in [-0.2, 0) is 9.53 Å². The summed E-state index contributed by atoms with van der Waals surface area (Å²) in [5.74, 6) is -1.31. The van der Waals surface area contributed by atoms with Gasteiger partial charge in [0.25, 0.3) is 11.8 Å². The highest BCUT2D eigenvalue weighted by Gasteiger charge is 2.27. The van der Waals surface area contributed by atoms with Crippen molar-refractivity contribution in [3.05, 3.63) is 35.4 Å². The Hall–Kier alpha value is -2.41. The minimum Gasteiger partial charge on any atom is -0.481 e. The molecule has 1 heterocycles. The highest BCUT2D eigenvalue weighted by atomic mass is 16.5. The Morgan fingerprint density at radius 2 is 2.04 bits per heavy atom. The SMILES string of the molecule is CCN(C)C(=O)c1cccc(C(=O)N2CCOC(CC(=O)O)C2)c1. The Bertz CT molecular complexity index is 631. The molecule has 1 aromatic rings. The predicted molar refractivity (Wildman–Crippen MR) is 87.0 cm³/mol. The van der Waals surface area contributed by atoms with Gasteiger partial charge in [-0.2, -0.15) is 0 Å². The van der Waals surface area contributed by atoms with Crippen molar-refractivity contribution in [3.63, 3.8) is 0 Å². The molecule has 0 aromatic heterocycles. The molecule has 7 nitrogen and oxygen atoms in total. The summed E-state index contributed by atoms with van der Waals surface area (Å²) in [7, 11) is 1.70. The third kappa shape index (κ3) is 4.32. The summed E-state index contributed by atoms with van der Waals surface area (Å²) in [4.78, 5) is 38.8. The molecule has 2 amide bonds. The first-order valence-corrected chi connectivity index (χ1v) is 7.90. The Kier molecular flexibility index (Phi) is 5.92. The maximum Gasteiger partial charge on any atom is 0.306 e. The third-order valence-electron chi connectivity index (χ3n) is 4.01. The first-order chi connectivity index (χ1) is 11.4. The van der Waals surface area contributed by atoms with Crippen LogP contribution >= 0.6 is 0 Å². The van der Waals surface area contributed by atoms with Crippen molar-refractivity contribution in [2.45, 2.75) is 19.4 Å². The number of carboxylic acids is 1. The van der Waals surface area contributed by atoms with Gasteiger partial charge in [0.2, 0.25) is 0 Å². The quantitative estimate of drug-likeness (QED) is 0.871. The molecule has 0 saturated carbocycles. The molecule has 0 aliphatic carbocycles. The number of hydrogen-bond donors (Lipinski definition) is 1. The summed E-state index contributed by atoms with van der Waals surface area (Å²) >= 11 is 0. The fraction of sp³-hybridized carbons (Fsp3) is 0.471. The summed E-state index contributed by atoms with van der Waals surface area (Å²) in [5, 5.41) is 8.85. The number of rotatable bonds is 5. The predicted octanol–water partition coefficient (Wildman–Crippen LogP) is 1.09. The largest absolute Gasteiger partial charge is 0.481 e. The Labute approximate surface area is 140 Å². The zero-order valence-corrected chi connectivity index (χ0v) is 13.9. The molecule has 1 aromatic carbocycles. The minimum atomic E-state index is -0.954. The fourth-order valence-corrected chi connectivity index (χ4v) is 2.55. The van der Waals surface area contributed by atoms with E-state index >= 15 is 0 Å². The lowest BCUT2D eigenvalue weighted by atomic mass is 10.1. The van der Waals surface area contributed by atoms with Gasteiger partial charge in [0.15, 0.2) is 0 Å². The smallest absolute Gasteiger partial charge is 0.306 e. The van der Waals surface area contributed by atoms with Gasteiger partial charge < -0.3 is 19.6 Å². The van der Waals surface area contributed by atoms with E-state index < -0.39 is 12.1 Å². The number of benzene rings is 1. The maximum absolute atomic E-state index is 12.6. The summed E-state index contributed by atoms with van der Waals surface area (Å²) in [5.41, 5.74) is 0.877. The number of hydrogen-bond acceptors (Lipinski definition) is 4. The van der Waals surface area contributed by atoms with Crippen LogP contribution in [0.15, 0.2) is 24.3 Å². The number of carbonyl (C=O) groups excluding carboxylic acids is 2. The monoisotopic (exact) mass is 334 g/mol. The molecule has 0 spiro atoms. The van der Waals surface area contributed by atoms with Gasteiger partial charge >= 0.3 is 5.97 Å². The lowest BCUT2D eigenvalue weighted by Gasteiger charge is -2.32. The van der Waals surface area contributed by atoms with Gasteiger partial charge in [0.05, 0.1) is 19.1 Å². The van der Waals surface area contributed by atoms with Crippen LogP contribution in [0.2, 0.25) is 0 Å². The Morgan fingerprint density at radius 1 is 1.33 bits per heavy atom. The number of morpholine rings is 1. The van der Waals surface area contributed by atoms with E-state index in [1.165, 1.54) is 0 Å². The van der Waals surface area contributed by atoms with Gasteiger partial charge in [-0.25, -0.2) is 0 Å². The van der Waals surface area contributed by atoms with Gasteiger partial charge in [-0.15, -0.1) is 0 Å². The van der Waals surface area contributed by atoms with E-state index in [0.29, 0.717) is 30.8 Å². The zero-order chi connectivity index (χ0) is 17.7. The number of carboxylic acid groups (broad SMARTS) is 1. The second kappa shape index (κ2) is 7.92. The molecular weight excluding hydrogens is 312 g/mol. The Morgan fingerprint density at radius 3 is 2.71 bits per heavy atom. The van der Waals surface area contributed by atoms with E-state index in [9.17, 15) is 14.4 Å². The molecule has 1 aliphatic heterocycles. The summed E-state index contributed by atoms with van der Waals surface area (Å²) in [6, 6.07) is 6.60. The molecule has 1 atom stereocenters. The molecule has 1 N–H and O–H groups in total. The fourth-order valence-electron chi connectivity index (χ4n) is 2.55. The van der Waals surface area contributed by atoms with Gasteiger partial charge in [-0.3, -0.25) is 14.4 Å². The van der Waals surface area contributed by atoms with Crippen LogP contribution in [0.3, 0.4) is 0 Å². The zero-order valence-electron chi connectivity index (χ0n) is 13.9.